The molecule has 10 heteroatoms. The number of carbonyl (C=O) groups excluding carboxylic acids is 2. The fourth-order valence-electron chi connectivity index (χ4n) is 2.06. The lowest BCUT2D eigenvalue weighted by Crippen LogP contribution is -2.34. The Morgan fingerprint density at radius 3 is 2.10 bits per heavy atom. The van der Waals surface area contributed by atoms with Crippen LogP contribution in [0.15, 0.2) is 12.5 Å². The fourth-order valence-corrected chi connectivity index (χ4v) is 2.06. The number of aromatic nitrogens is 4. The van der Waals surface area contributed by atoms with Crippen molar-refractivity contribution in [3.63, 3.8) is 0 Å². The molecule has 0 aliphatic carbocycles. The van der Waals surface area contributed by atoms with E-state index in [9.17, 15) is 9.59 Å². The van der Waals surface area contributed by atoms with E-state index < -0.39 is 16.9 Å². The number of anilines is 1. The summed E-state index contributed by atoms with van der Waals surface area (Å²) in [4.78, 5) is 36.4. The Kier molecular flexibility index (Phi) is 6.78. The van der Waals surface area contributed by atoms with Gasteiger partial charge in [-0.1, -0.05) is 0 Å². The zero-order valence-corrected chi connectivity index (χ0v) is 17.8. The van der Waals surface area contributed by atoms with Crippen LogP contribution in [0.5, 0.6) is 0 Å². The summed E-state index contributed by atoms with van der Waals surface area (Å²) in [5, 5.41) is 0. The molecule has 0 atom stereocenters. The van der Waals surface area contributed by atoms with Crippen LogP contribution in [0.1, 0.15) is 41.5 Å². The number of imidazole rings is 1. The number of nitrogen functional groups attached to an aromatic ring is 1. The van der Waals surface area contributed by atoms with E-state index in [2.05, 4.69) is 15.0 Å². The van der Waals surface area contributed by atoms with E-state index in [1.807, 2.05) is 0 Å². The van der Waals surface area contributed by atoms with Crippen LogP contribution in [0.3, 0.4) is 0 Å². The molecule has 0 spiro atoms. The molecule has 2 N–H and O–H groups in total. The highest BCUT2D eigenvalue weighted by atomic mass is 16.6. The lowest BCUT2D eigenvalue weighted by molar-refractivity contribution is -0.166. The highest BCUT2D eigenvalue weighted by Gasteiger charge is 2.27. The first-order valence-corrected chi connectivity index (χ1v) is 9.27. The average molecular weight is 407 g/mol. The summed E-state index contributed by atoms with van der Waals surface area (Å²) in [7, 11) is 0. The Hall–Kier alpha value is -2.75. The van der Waals surface area contributed by atoms with Gasteiger partial charge in [0.05, 0.1) is 23.4 Å². The highest BCUT2D eigenvalue weighted by Crippen LogP contribution is 2.18. The maximum absolute atomic E-state index is 12.1. The van der Waals surface area contributed by atoms with Gasteiger partial charge in [-0.25, -0.2) is 9.97 Å². The molecule has 0 aromatic carbocycles. The normalized spacial score (nSPS) is 12.4. The van der Waals surface area contributed by atoms with Crippen molar-refractivity contribution in [2.45, 2.75) is 54.4 Å². The predicted octanol–water partition coefficient (Wildman–Crippen LogP) is 1.93. The molecule has 0 saturated carbocycles. The largest absolute Gasteiger partial charge is 0.462 e. The number of fused-ring (bicyclic) bond motifs is 1. The van der Waals surface area contributed by atoms with Crippen molar-refractivity contribution in [2.75, 3.05) is 18.9 Å². The van der Waals surface area contributed by atoms with Gasteiger partial charge in [0, 0.05) is 0 Å². The molecule has 2 heterocycles. The zero-order valence-electron chi connectivity index (χ0n) is 17.8. The summed E-state index contributed by atoms with van der Waals surface area (Å²) in [5.74, 6) is -0.627. The quantitative estimate of drug-likeness (QED) is 0.684. The SMILES string of the molecule is CC(C)(C)C(=O)OCC(COC(=O)C(C)(C)C)OCn1cnc2cnc(N)nc21. The third kappa shape index (κ3) is 6.38. The van der Waals surface area contributed by atoms with Gasteiger partial charge in [-0.2, -0.15) is 4.98 Å². The number of nitrogens with two attached hydrogens (primary N) is 1. The molecular weight excluding hydrogens is 378 g/mol. The number of hydrogen-bond donors (Lipinski definition) is 1. The molecule has 0 unspecified atom stereocenters. The molecule has 160 valence electrons. The molecule has 0 aliphatic rings. The Labute approximate surface area is 169 Å². The van der Waals surface area contributed by atoms with Gasteiger partial charge in [-0.15, -0.1) is 0 Å². The van der Waals surface area contributed by atoms with Crippen LogP contribution in [0.4, 0.5) is 5.95 Å². The van der Waals surface area contributed by atoms with Crippen LogP contribution in [0.25, 0.3) is 11.2 Å². The molecule has 2 rings (SSSR count). The van der Waals surface area contributed by atoms with Crippen LogP contribution in [-0.2, 0) is 30.5 Å². The summed E-state index contributed by atoms with van der Waals surface area (Å²) >= 11 is 0. The summed E-state index contributed by atoms with van der Waals surface area (Å²) in [6, 6.07) is 0. The summed E-state index contributed by atoms with van der Waals surface area (Å²) in [6.07, 6.45) is 2.39. The van der Waals surface area contributed by atoms with E-state index in [0.29, 0.717) is 11.2 Å². The van der Waals surface area contributed by atoms with Crippen molar-refractivity contribution in [2.24, 2.45) is 10.8 Å². The highest BCUT2D eigenvalue weighted by molar-refractivity contribution is 5.76. The lowest BCUT2D eigenvalue weighted by Gasteiger charge is -2.23. The minimum absolute atomic E-state index is 0.0533. The maximum Gasteiger partial charge on any atom is 0.311 e. The van der Waals surface area contributed by atoms with Crippen LogP contribution in [0, 0.1) is 10.8 Å². The van der Waals surface area contributed by atoms with Crippen molar-refractivity contribution < 1.29 is 23.8 Å². The number of hydrogen-bond acceptors (Lipinski definition) is 9. The zero-order chi connectivity index (χ0) is 21.8. The van der Waals surface area contributed by atoms with Gasteiger partial charge < -0.3 is 19.9 Å². The number of rotatable bonds is 7. The van der Waals surface area contributed by atoms with E-state index in [1.165, 1.54) is 12.5 Å². The Balaban J connectivity index is 2.05. The Morgan fingerprint density at radius 1 is 1.03 bits per heavy atom. The summed E-state index contributed by atoms with van der Waals surface area (Å²) in [5.41, 5.74) is 5.41. The van der Waals surface area contributed by atoms with E-state index in [-0.39, 0.29) is 37.8 Å². The molecule has 29 heavy (non-hydrogen) atoms. The van der Waals surface area contributed by atoms with E-state index in [0.717, 1.165) is 0 Å². The van der Waals surface area contributed by atoms with Gasteiger partial charge in [0.25, 0.3) is 0 Å². The fraction of sp³-hybridized carbons (Fsp3) is 0.632. The third-order valence-corrected chi connectivity index (χ3v) is 3.85. The standard InChI is InChI=1S/C19H29N5O5/c1-18(2,3)15(25)27-8-12(9-28-16(26)19(4,5)6)29-11-24-10-22-13-7-21-17(20)23-14(13)24/h7,10,12H,8-9,11H2,1-6H3,(H2,20,21,23). The molecular formula is C19H29N5O5. The number of carbonyl (C=O) groups is 2. The maximum atomic E-state index is 12.1. The molecule has 0 saturated heterocycles. The first kappa shape index (κ1) is 22.5. The van der Waals surface area contributed by atoms with Crippen LogP contribution < -0.4 is 5.73 Å². The molecule has 10 nitrogen and oxygen atoms in total. The first-order valence-electron chi connectivity index (χ1n) is 9.27. The van der Waals surface area contributed by atoms with Crippen molar-refractivity contribution >= 4 is 29.1 Å². The molecule has 2 aromatic rings. The number of ether oxygens (including phenoxy) is 3. The van der Waals surface area contributed by atoms with Gasteiger partial charge >= 0.3 is 11.9 Å². The van der Waals surface area contributed by atoms with Crippen LogP contribution in [-0.4, -0.2) is 50.8 Å². The molecule has 0 amide bonds. The minimum Gasteiger partial charge on any atom is -0.462 e. The van der Waals surface area contributed by atoms with Crippen LogP contribution in [0.2, 0.25) is 0 Å². The first-order chi connectivity index (χ1) is 13.4. The van der Waals surface area contributed by atoms with Crippen molar-refractivity contribution in [3.05, 3.63) is 12.5 Å². The smallest absolute Gasteiger partial charge is 0.311 e. The molecule has 0 bridgehead atoms. The van der Waals surface area contributed by atoms with E-state index in [1.54, 1.807) is 46.1 Å². The van der Waals surface area contributed by atoms with Gasteiger partial charge in [0.2, 0.25) is 5.95 Å². The molecule has 0 aliphatic heterocycles. The lowest BCUT2D eigenvalue weighted by atomic mass is 9.97. The molecule has 0 radical (unpaired) electrons. The van der Waals surface area contributed by atoms with Gasteiger partial charge in [0.1, 0.15) is 31.6 Å². The van der Waals surface area contributed by atoms with E-state index in [4.69, 9.17) is 19.9 Å². The van der Waals surface area contributed by atoms with Crippen molar-refractivity contribution in [3.8, 4) is 0 Å². The van der Waals surface area contributed by atoms with Crippen molar-refractivity contribution in [1.29, 1.82) is 0 Å². The van der Waals surface area contributed by atoms with Crippen molar-refractivity contribution in [1.82, 2.24) is 19.5 Å². The minimum atomic E-state index is -0.663. The molecule has 0 fully saturated rings. The number of nitrogens with zero attached hydrogens (tertiary/aromatic N) is 4. The number of esters is 2. The molecule has 2 aromatic heterocycles. The Bertz CT molecular complexity index is 836. The Morgan fingerprint density at radius 2 is 1.59 bits per heavy atom. The second kappa shape index (κ2) is 8.73. The topological polar surface area (TPSA) is 131 Å². The average Bonchev–Trinajstić information content (AvgIpc) is 3.00. The summed E-state index contributed by atoms with van der Waals surface area (Å²) < 4.78 is 18.1. The van der Waals surface area contributed by atoms with Gasteiger partial charge in [0.15, 0.2) is 5.65 Å². The third-order valence-electron chi connectivity index (χ3n) is 3.85. The van der Waals surface area contributed by atoms with Gasteiger partial charge in [-0.05, 0) is 41.5 Å². The summed E-state index contributed by atoms with van der Waals surface area (Å²) in [6.45, 7) is 10.5. The van der Waals surface area contributed by atoms with Gasteiger partial charge in [-0.3, -0.25) is 14.2 Å². The van der Waals surface area contributed by atoms with Crippen LogP contribution >= 0.6 is 0 Å². The predicted molar refractivity (Wildman–Crippen MR) is 105 cm³/mol. The second-order valence-corrected chi connectivity index (χ2v) is 8.77. The monoisotopic (exact) mass is 407 g/mol. The van der Waals surface area contributed by atoms with E-state index >= 15 is 0 Å². The second-order valence-electron chi connectivity index (χ2n) is 8.77.